The quantitative estimate of drug-likeness (QED) is 0.685. The van der Waals surface area contributed by atoms with E-state index in [-0.39, 0.29) is 0 Å². The Morgan fingerprint density at radius 2 is 1.90 bits per heavy atom. The predicted molar refractivity (Wildman–Crippen MR) is 82.2 cm³/mol. The van der Waals surface area contributed by atoms with Crippen LogP contribution >= 0.6 is 0 Å². The predicted octanol–water partition coefficient (Wildman–Crippen LogP) is 2.23. The molecule has 1 aliphatic rings. The van der Waals surface area contributed by atoms with Crippen LogP contribution in [-0.4, -0.2) is 26.3 Å². The summed E-state index contributed by atoms with van der Waals surface area (Å²) in [6.45, 7) is 3.82. The molecule has 1 aromatic carbocycles. The number of aryl methyl sites for hydroxylation is 2. The van der Waals surface area contributed by atoms with Crippen LogP contribution in [0.3, 0.4) is 0 Å². The van der Waals surface area contributed by atoms with Crippen molar-refractivity contribution in [3.05, 3.63) is 47.4 Å². The van der Waals surface area contributed by atoms with E-state index in [2.05, 4.69) is 44.2 Å². The Morgan fingerprint density at radius 3 is 2.76 bits per heavy atom. The SMILES string of the molecule is Cc1nc(N2CCc3ccccc3C2)c2cnn(C)c2n1. The van der Waals surface area contributed by atoms with Crippen molar-refractivity contribution < 1.29 is 0 Å². The fourth-order valence-electron chi connectivity index (χ4n) is 3.03. The largest absolute Gasteiger partial charge is 0.351 e. The normalized spacial score (nSPS) is 14.5. The van der Waals surface area contributed by atoms with Gasteiger partial charge in [0.25, 0.3) is 0 Å². The fraction of sp³-hybridized carbons (Fsp3) is 0.312. The van der Waals surface area contributed by atoms with E-state index in [9.17, 15) is 0 Å². The average Bonchev–Trinajstić information content (AvgIpc) is 2.87. The number of hydrogen-bond donors (Lipinski definition) is 0. The number of anilines is 1. The lowest BCUT2D eigenvalue weighted by Crippen LogP contribution is -2.31. The molecule has 21 heavy (non-hydrogen) atoms. The van der Waals surface area contributed by atoms with Crippen LogP contribution in [0.25, 0.3) is 11.0 Å². The lowest BCUT2D eigenvalue weighted by molar-refractivity contribution is 0.720. The second-order valence-electron chi connectivity index (χ2n) is 5.54. The van der Waals surface area contributed by atoms with Gasteiger partial charge < -0.3 is 4.90 Å². The molecule has 0 bridgehead atoms. The molecular formula is C16H17N5. The van der Waals surface area contributed by atoms with Gasteiger partial charge >= 0.3 is 0 Å². The molecule has 0 saturated heterocycles. The Hall–Kier alpha value is -2.43. The highest BCUT2D eigenvalue weighted by Gasteiger charge is 2.20. The fourth-order valence-corrected chi connectivity index (χ4v) is 3.03. The first-order valence-corrected chi connectivity index (χ1v) is 7.20. The first kappa shape index (κ1) is 12.3. The van der Waals surface area contributed by atoms with Gasteiger partial charge in [-0.2, -0.15) is 5.10 Å². The summed E-state index contributed by atoms with van der Waals surface area (Å²) in [6, 6.07) is 8.64. The third-order valence-electron chi connectivity index (χ3n) is 4.11. The molecule has 0 amide bonds. The van der Waals surface area contributed by atoms with Crippen molar-refractivity contribution in [1.29, 1.82) is 0 Å². The summed E-state index contributed by atoms with van der Waals surface area (Å²) >= 11 is 0. The average molecular weight is 279 g/mol. The highest BCUT2D eigenvalue weighted by Crippen LogP contribution is 2.28. The molecule has 1 aliphatic heterocycles. The van der Waals surface area contributed by atoms with Gasteiger partial charge in [-0.15, -0.1) is 0 Å². The second-order valence-corrected chi connectivity index (χ2v) is 5.54. The number of aromatic nitrogens is 4. The van der Waals surface area contributed by atoms with Crippen molar-refractivity contribution in [2.24, 2.45) is 7.05 Å². The molecule has 5 nitrogen and oxygen atoms in total. The zero-order valence-corrected chi connectivity index (χ0v) is 12.2. The minimum absolute atomic E-state index is 0.792. The van der Waals surface area contributed by atoms with E-state index in [1.807, 2.05) is 24.9 Å². The maximum atomic E-state index is 4.67. The van der Waals surface area contributed by atoms with E-state index >= 15 is 0 Å². The zero-order valence-electron chi connectivity index (χ0n) is 12.2. The number of rotatable bonds is 1. The summed E-state index contributed by atoms with van der Waals surface area (Å²) < 4.78 is 1.81. The minimum Gasteiger partial charge on any atom is -0.351 e. The van der Waals surface area contributed by atoms with Gasteiger partial charge in [0.05, 0.1) is 11.6 Å². The van der Waals surface area contributed by atoms with E-state index in [1.165, 1.54) is 11.1 Å². The molecule has 0 spiro atoms. The summed E-state index contributed by atoms with van der Waals surface area (Å²) in [4.78, 5) is 11.5. The van der Waals surface area contributed by atoms with Gasteiger partial charge in [0.2, 0.25) is 0 Å². The summed E-state index contributed by atoms with van der Waals surface area (Å²) in [5, 5.41) is 5.35. The third kappa shape index (κ3) is 1.96. The van der Waals surface area contributed by atoms with Crippen molar-refractivity contribution in [2.45, 2.75) is 19.9 Å². The molecule has 0 N–H and O–H groups in total. The van der Waals surface area contributed by atoms with Crippen molar-refractivity contribution in [2.75, 3.05) is 11.4 Å². The summed E-state index contributed by atoms with van der Waals surface area (Å²) in [5.74, 6) is 1.79. The maximum absolute atomic E-state index is 4.67. The van der Waals surface area contributed by atoms with Crippen molar-refractivity contribution in [1.82, 2.24) is 19.7 Å². The minimum atomic E-state index is 0.792. The smallest absolute Gasteiger partial charge is 0.163 e. The number of hydrogen-bond acceptors (Lipinski definition) is 4. The molecule has 2 aromatic heterocycles. The molecular weight excluding hydrogens is 262 g/mol. The van der Waals surface area contributed by atoms with Crippen LogP contribution in [0.1, 0.15) is 17.0 Å². The van der Waals surface area contributed by atoms with E-state index in [1.54, 1.807) is 0 Å². The molecule has 4 rings (SSSR count). The molecule has 3 aromatic rings. The Balaban J connectivity index is 1.81. The molecule has 0 aliphatic carbocycles. The van der Waals surface area contributed by atoms with E-state index in [4.69, 9.17) is 0 Å². The molecule has 0 radical (unpaired) electrons. The summed E-state index contributed by atoms with van der Waals surface area (Å²) in [7, 11) is 1.92. The Labute approximate surface area is 123 Å². The van der Waals surface area contributed by atoms with Crippen molar-refractivity contribution >= 4 is 16.9 Å². The van der Waals surface area contributed by atoms with Crippen LogP contribution < -0.4 is 4.90 Å². The monoisotopic (exact) mass is 279 g/mol. The number of fused-ring (bicyclic) bond motifs is 2. The van der Waals surface area contributed by atoms with Crippen LogP contribution in [-0.2, 0) is 20.0 Å². The van der Waals surface area contributed by atoms with Crippen LogP contribution in [0.15, 0.2) is 30.5 Å². The molecule has 0 saturated carbocycles. The molecule has 0 atom stereocenters. The highest BCUT2D eigenvalue weighted by molar-refractivity contribution is 5.87. The topological polar surface area (TPSA) is 46.8 Å². The summed E-state index contributed by atoms with van der Waals surface area (Å²) in [6.07, 6.45) is 2.92. The highest BCUT2D eigenvalue weighted by atomic mass is 15.3. The zero-order chi connectivity index (χ0) is 14.4. The molecule has 5 heteroatoms. The number of benzene rings is 1. The van der Waals surface area contributed by atoms with E-state index in [0.29, 0.717) is 0 Å². The lowest BCUT2D eigenvalue weighted by Gasteiger charge is -2.30. The summed E-state index contributed by atoms with van der Waals surface area (Å²) in [5.41, 5.74) is 3.73. The van der Waals surface area contributed by atoms with Crippen LogP contribution in [0.2, 0.25) is 0 Å². The van der Waals surface area contributed by atoms with Gasteiger partial charge in [0.15, 0.2) is 5.65 Å². The molecule has 3 heterocycles. The maximum Gasteiger partial charge on any atom is 0.163 e. The van der Waals surface area contributed by atoms with Crippen LogP contribution in [0, 0.1) is 6.92 Å². The third-order valence-corrected chi connectivity index (χ3v) is 4.11. The van der Waals surface area contributed by atoms with E-state index < -0.39 is 0 Å². The standard InChI is InChI=1S/C16H17N5/c1-11-18-15-14(9-17-20(15)2)16(19-11)21-8-7-12-5-3-4-6-13(12)10-21/h3-6,9H,7-8,10H2,1-2H3. The van der Waals surface area contributed by atoms with Crippen molar-refractivity contribution in [3.8, 4) is 0 Å². The van der Waals surface area contributed by atoms with Gasteiger partial charge in [-0.3, -0.25) is 4.68 Å². The second kappa shape index (κ2) is 4.55. The Morgan fingerprint density at radius 1 is 1.10 bits per heavy atom. The van der Waals surface area contributed by atoms with Gasteiger partial charge in [-0.25, -0.2) is 9.97 Å². The van der Waals surface area contributed by atoms with E-state index in [0.717, 1.165) is 42.2 Å². The lowest BCUT2D eigenvalue weighted by atomic mass is 10.00. The van der Waals surface area contributed by atoms with Crippen molar-refractivity contribution in [3.63, 3.8) is 0 Å². The van der Waals surface area contributed by atoms with Crippen LogP contribution in [0.5, 0.6) is 0 Å². The number of nitrogens with zero attached hydrogens (tertiary/aromatic N) is 5. The molecule has 0 fully saturated rings. The van der Waals surface area contributed by atoms with Gasteiger partial charge in [-0.1, -0.05) is 24.3 Å². The van der Waals surface area contributed by atoms with Gasteiger partial charge in [-0.05, 0) is 24.5 Å². The van der Waals surface area contributed by atoms with Crippen LogP contribution in [0.4, 0.5) is 5.82 Å². The first-order valence-electron chi connectivity index (χ1n) is 7.20. The Kier molecular flexibility index (Phi) is 2.67. The Bertz CT molecular complexity index is 821. The molecule has 106 valence electrons. The first-order chi connectivity index (χ1) is 10.2. The van der Waals surface area contributed by atoms with Gasteiger partial charge in [0.1, 0.15) is 11.6 Å². The molecule has 0 unspecified atom stereocenters. The van der Waals surface area contributed by atoms with Gasteiger partial charge in [0, 0.05) is 20.1 Å².